The predicted octanol–water partition coefficient (Wildman–Crippen LogP) is 2.11. The number of benzene rings is 1. The number of para-hydroxylation sites is 1. The van der Waals surface area contributed by atoms with Gasteiger partial charge in [0.15, 0.2) is 5.82 Å². The lowest BCUT2D eigenvalue weighted by Crippen LogP contribution is -2.24. The maximum absolute atomic E-state index is 12.3. The molecular weight excluding hydrogens is 310 g/mol. The Morgan fingerprint density at radius 1 is 1.17 bits per heavy atom. The van der Waals surface area contributed by atoms with Gasteiger partial charge in [-0.2, -0.15) is 5.10 Å². The number of hydrogen-bond acceptors (Lipinski definition) is 5. The Hall–Kier alpha value is -3.55. The van der Waals surface area contributed by atoms with E-state index in [0.717, 1.165) is 5.56 Å². The normalized spacial score (nSPS) is 10.3. The van der Waals surface area contributed by atoms with Gasteiger partial charge in [-0.3, -0.25) is 14.9 Å². The second-order valence-electron chi connectivity index (χ2n) is 4.89. The van der Waals surface area contributed by atoms with Gasteiger partial charge in [-0.25, -0.2) is 9.67 Å². The van der Waals surface area contributed by atoms with Crippen LogP contribution >= 0.6 is 0 Å². The van der Waals surface area contributed by atoms with Gasteiger partial charge in [0.1, 0.15) is 5.56 Å². The van der Waals surface area contributed by atoms with Crippen LogP contribution in [-0.2, 0) is 6.54 Å². The lowest BCUT2D eigenvalue weighted by Gasteiger charge is -2.10. The molecule has 3 aromatic rings. The number of carbonyl (C=O) groups is 1. The zero-order valence-electron chi connectivity index (χ0n) is 12.5. The number of nitrogens with one attached hydrogen (secondary N) is 1. The lowest BCUT2D eigenvalue weighted by molar-refractivity contribution is -0.385. The van der Waals surface area contributed by atoms with E-state index in [-0.39, 0.29) is 17.8 Å². The fraction of sp³-hybridized carbons (Fsp3) is 0.0625. The van der Waals surface area contributed by atoms with Crippen molar-refractivity contribution in [1.29, 1.82) is 0 Å². The van der Waals surface area contributed by atoms with Gasteiger partial charge in [-0.1, -0.05) is 18.2 Å². The van der Waals surface area contributed by atoms with E-state index < -0.39 is 10.8 Å². The molecule has 1 aromatic carbocycles. The van der Waals surface area contributed by atoms with Crippen molar-refractivity contribution in [3.8, 4) is 5.82 Å². The number of pyridine rings is 1. The van der Waals surface area contributed by atoms with E-state index >= 15 is 0 Å². The summed E-state index contributed by atoms with van der Waals surface area (Å²) in [4.78, 5) is 27.0. The maximum atomic E-state index is 12.3. The summed E-state index contributed by atoms with van der Waals surface area (Å²) in [5, 5.41) is 17.8. The first-order valence-corrected chi connectivity index (χ1v) is 7.12. The van der Waals surface area contributed by atoms with Crippen LogP contribution in [0.25, 0.3) is 5.82 Å². The second-order valence-corrected chi connectivity index (χ2v) is 4.89. The van der Waals surface area contributed by atoms with Crippen LogP contribution in [0.5, 0.6) is 0 Å². The topological polar surface area (TPSA) is 103 Å². The largest absolute Gasteiger partial charge is 0.348 e. The summed E-state index contributed by atoms with van der Waals surface area (Å²) in [7, 11) is 0. The number of hydrogen-bond donors (Lipinski definition) is 1. The highest BCUT2D eigenvalue weighted by Crippen LogP contribution is 2.18. The van der Waals surface area contributed by atoms with E-state index in [2.05, 4.69) is 15.4 Å². The van der Waals surface area contributed by atoms with E-state index in [9.17, 15) is 14.9 Å². The molecule has 0 radical (unpaired) electrons. The molecule has 1 amide bonds. The minimum Gasteiger partial charge on any atom is -0.348 e. The molecule has 0 spiro atoms. The molecule has 8 nitrogen and oxygen atoms in total. The van der Waals surface area contributed by atoms with Crippen molar-refractivity contribution >= 4 is 11.6 Å². The van der Waals surface area contributed by atoms with Crippen LogP contribution in [0, 0.1) is 10.1 Å². The van der Waals surface area contributed by atoms with Crippen molar-refractivity contribution in [1.82, 2.24) is 20.1 Å². The molecule has 0 unspecified atom stereocenters. The van der Waals surface area contributed by atoms with Crippen LogP contribution in [0.15, 0.2) is 61.1 Å². The molecule has 3 rings (SSSR count). The molecule has 0 fully saturated rings. The molecule has 0 atom stereocenters. The van der Waals surface area contributed by atoms with Crippen LogP contribution < -0.4 is 5.32 Å². The molecule has 0 aliphatic heterocycles. The Balaban J connectivity index is 1.80. The fourth-order valence-electron chi connectivity index (χ4n) is 2.26. The zero-order valence-corrected chi connectivity index (χ0v) is 12.5. The average Bonchev–Trinajstić information content (AvgIpc) is 3.14. The molecule has 120 valence electrons. The summed E-state index contributed by atoms with van der Waals surface area (Å²) in [5.41, 5.74) is 0.536. The smallest absolute Gasteiger partial charge is 0.282 e. The van der Waals surface area contributed by atoms with Crippen molar-refractivity contribution in [2.75, 3.05) is 0 Å². The zero-order chi connectivity index (χ0) is 16.9. The molecule has 2 heterocycles. The van der Waals surface area contributed by atoms with E-state index in [1.807, 2.05) is 6.07 Å². The summed E-state index contributed by atoms with van der Waals surface area (Å²) in [6.45, 7) is 0.175. The summed E-state index contributed by atoms with van der Waals surface area (Å²) < 4.78 is 1.59. The first-order chi connectivity index (χ1) is 11.7. The molecule has 0 bridgehead atoms. The van der Waals surface area contributed by atoms with Gasteiger partial charge in [0.25, 0.3) is 11.6 Å². The Bertz CT molecular complexity index is 877. The number of carbonyl (C=O) groups excluding carboxylic acids is 1. The standard InChI is InChI=1S/C16H13N5O3/c22-16(13-6-1-2-7-14(13)21(23)24)18-11-12-5-3-8-17-15(12)20-10-4-9-19-20/h1-10H,11H2,(H,18,22). The monoisotopic (exact) mass is 323 g/mol. The van der Waals surface area contributed by atoms with Crippen molar-refractivity contribution in [3.63, 3.8) is 0 Å². The molecule has 24 heavy (non-hydrogen) atoms. The van der Waals surface area contributed by atoms with Gasteiger partial charge in [0.2, 0.25) is 0 Å². The van der Waals surface area contributed by atoms with Crippen LogP contribution in [0.3, 0.4) is 0 Å². The molecule has 1 N–H and O–H groups in total. The van der Waals surface area contributed by atoms with Gasteiger partial charge in [0, 0.05) is 36.8 Å². The number of aromatic nitrogens is 3. The van der Waals surface area contributed by atoms with Crippen LogP contribution in [-0.4, -0.2) is 25.6 Å². The number of nitro benzene ring substituents is 1. The van der Waals surface area contributed by atoms with Crippen molar-refractivity contribution in [2.24, 2.45) is 0 Å². The fourth-order valence-corrected chi connectivity index (χ4v) is 2.26. The average molecular weight is 323 g/mol. The maximum Gasteiger partial charge on any atom is 0.282 e. The van der Waals surface area contributed by atoms with Crippen molar-refractivity contribution in [3.05, 3.63) is 82.3 Å². The van der Waals surface area contributed by atoms with Gasteiger partial charge >= 0.3 is 0 Å². The lowest BCUT2D eigenvalue weighted by atomic mass is 10.1. The van der Waals surface area contributed by atoms with Crippen molar-refractivity contribution in [2.45, 2.75) is 6.54 Å². The molecule has 0 aliphatic rings. The minimum absolute atomic E-state index is 0.0204. The van der Waals surface area contributed by atoms with Gasteiger partial charge in [-0.05, 0) is 18.2 Å². The molecule has 0 saturated heterocycles. The third-order valence-electron chi connectivity index (χ3n) is 3.37. The molecule has 0 saturated carbocycles. The van der Waals surface area contributed by atoms with Gasteiger partial charge in [0.05, 0.1) is 4.92 Å². The SMILES string of the molecule is O=C(NCc1cccnc1-n1cccn1)c1ccccc1[N+](=O)[O-]. The predicted molar refractivity (Wildman–Crippen MR) is 85.6 cm³/mol. The summed E-state index contributed by atoms with van der Waals surface area (Å²) >= 11 is 0. The van der Waals surface area contributed by atoms with E-state index in [1.165, 1.54) is 18.2 Å². The molecular formula is C16H13N5O3. The van der Waals surface area contributed by atoms with Crippen LogP contribution in [0.2, 0.25) is 0 Å². The van der Waals surface area contributed by atoms with Gasteiger partial charge < -0.3 is 5.32 Å². The minimum atomic E-state index is -0.575. The van der Waals surface area contributed by atoms with E-state index in [1.54, 1.807) is 41.5 Å². The third kappa shape index (κ3) is 3.12. The Labute approximate surface area is 136 Å². The quantitative estimate of drug-likeness (QED) is 0.572. The van der Waals surface area contributed by atoms with E-state index in [0.29, 0.717) is 5.82 Å². The van der Waals surface area contributed by atoms with Crippen molar-refractivity contribution < 1.29 is 9.72 Å². The second kappa shape index (κ2) is 6.69. The molecule has 8 heteroatoms. The van der Waals surface area contributed by atoms with E-state index in [4.69, 9.17) is 0 Å². The number of nitro groups is 1. The summed E-state index contributed by atoms with van der Waals surface area (Å²) in [5.74, 6) is 0.0722. The summed E-state index contributed by atoms with van der Waals surface area (Å²) in [6.07, 6.45) is 5.00. The third-order valence-corrected chi connectivity index (χ3v) is 3.37. The Morgan fingerprint density at radius 3 is 2.75 bits per heavy atom. The first kappa shape index (κ1) is 15.3. The number of rotatable bonds is 5. The Kier molecular flexibility index (Phi) is 4.28. The number of amides is 1. The first-order valence-electron chi connectivity index (χ1n) is 7.12. The highest BCUT2D eigenvalue weighted by atomic mass is 16.6. The molecule has 0 aliphatic carbocycles. The highest BCUT2D eigenvalue weighted by molar-refractivity contribution is 5.98. The van der Waals surface area contributed by atoms with Gasteiger partial charge in [-0.15, -0.1) is 0 Å². The highest BCUT2D eigenvalue weighted by Gasteiger charge is 2.19. The summed E-state index contributed by atoms with van der Waals surface area (Å²) in [6, 6.07) is 11.2. The van der Waals surface area contributed by atoms with Crippen LogP contribution in [0.1, 0.15) is 15.9 Å². The molecule has 2 aromatic heterocycles. The van der Waals surface area contributed by atoms with Crippen LogP contribution in [0.4, 0.5) is 5.69 Å². The Morgan fingerprint density at radius 2 is 2.00 bits per heavy atom. The number of nitrogens with zero attached hydrogens (tertiary/aromatic N) is 4.